The summed E-state index contributed by atoms with van der Waals surface area (Å²) in [6, 6.07) is 21.3. The summed E-state index contributed by atoms with van der Waals surface area (Å²) >= 11 is 1.50. The first-order chi connectivity index (χ1) is 16.1. The molecule has 1 aromatic heterocycles. The van der Waals surface area contributed by atoms with Crippen molar-refractivity contribution in [2.24, 2.45) is 0 Å². The van der Waals surface area contributed by atoms with E-state index in [1.165, 1.54) is 30.0 Å². The van der Waals surface area contributed by atoms with Crippen molar-refractivity contribution in [3.05, 3.63) is 83.4 Å². The molecule has 0 radical (unpaired) electrons. The van der Waals surface area contributed by atoms with Crippen LogP contribution in [0.1, 0.15) is 22.9 Å². The Morgan fingerprint density at radius 3 is 2.67 bits per heavy atom. The van der Waals surface area contributed by atoms with Gasteiger partial charge in [-0.1, -0.05) is 59.8 Å². The third-order valence-corrected chi connectivity index (χ3v) is 6.24. The van der Waals surface area contributed by atoms with Gasteiger partial charge in [0.1, 0.15) is 0 Å². The molecule has 33 heavy (non-hydrogen) atoms. The molecule has 2 N–H and O–H groups in total. The number of aryl methyl sites for hydroxylation is 1. The van der Waals surface area contributed by atoms with E-state index >= 15 is 0 Å². The molecule has 8 heteroatoms. The average Bonchev–Trinajstić information content (AvgIpc) is 3.00. The van der Waals surface area contributed by atoms with Gasteiger partial charge in [0.15, 0.2) is 23.4 Å². The number of phenolic OH excluding ortho intramolecular Hbond substituents is 1. The molecule has 166 valence electrons. The molecule has 0 saturated heterocycles. The summed E-state index contributed by atoms with van der Waals surface area (Å²) in [4.78, 5) is 4.68. The van der Waals surface area contributed by atoms with Crippen LogP contribution in [-0.2, 0) is 5.75 Å². The van der Waals surface area contributed by atoms with Crippen molar-refractivity contribution in [3.63, 3.8) is 0 Å². The number of hydrogen-bond acceptors (Lipinski definition) is 8. The predicted octanol–water partition coefficient (Wildman–Crippen LogP) is 5.36. The minimum Gasteiger partial charge on any atom is -0.504 e. The molecular formula is C25H22N4O3S. The maximum atomic E-state index is 10.3. The van der Waals surface area contributed by atoms with Crippen LogP contribution in [0.15, 0.2) is 71.9 Å². The van der Waals surface area contributed by atoms with Crippen LogP contribution in [0.2, 0.25) is 0 Å². The summed E-state index contributed by atoms with van der Waals surface area (Å²) < 4.78 is 11.4. The summed E-state index contributed by atoms with van der Waals surface area (Å²) in [5.41, 5.74) is 5.39. The first-order valence-corrected chi connectivity index (χ1v) is 11.4. The van der Waals surface area contributed by atoms with Gasteiger partial charge < -0.3 is 19.9 Å². The number of nitrogens with one attached hydrogen (secondary N) is 1. The Morgan fingerprint density at radius 1 is 1.06 bits per heavy atom. The number of aromatic nitrogens is 3. The van der Waals surface area contributed by atoms with Crippen molar-refractivity contribution in [1.82, 2.24) is 15.2 Å². The zero-order chi connectivity index (χ0) is 22.8. The molecule has 0 fully saturated rings. The molecule has 0 saturated carbocycles. The van der Waals surface area contributed by atoms with Gasteiger partial charge in [-0.05, 0) is 36.8 Å². The molecular weight excluding hydrogens is 436 g/mol. The zero-order valence-corrected chi connectivity index (χ0v) is 19.0. The average molecular weight is 459 g/mol. The van der Waals surface area contributed by atoms with Crippen LogP contribution in [0, 0.1) is 6.92 Å². The third kappa shape index (κ3) is 4.42. The SMILES string of the molecule is COc1ccc([C@@H]2Nc3ccccc3-c3nnc(SCc4ccc(C)cc4)nc3O2)cc1O. The minimum atomic E-state index is -0.587. The normalized spacial score (nSPS) is 14.3. The van der Waals surface area contributed by atoms with Crippen LogP contribution < -0.4 is 14.8 Å². The summed E-state index contributed by atoms with van der Waals surface area (Å²) in [5.74, 6) is 1.54. The van der Waals surface area contributed by atoms with Crippen molar-refractivity contribution >= 4 is 17.4 Å². The first kappa shape index (κ1) is 21.1. The van der Waals surface area contributed by atoms with E-state index in [0.29, 0.717) is 22.5 Å². The number of aromatic hydroxyl groups is 1. The van der Waals surface area contributed by atoms with E-state index in [1.807, 2.05) is 30.3 Å². The van der Waals surface area contributed by atoms with Crippen molar-refractivity contribution < 1.29 is 14.6 Å². The lowest BCUT2D eigenvalue weighted by Crippen LogP contribution is -2.17. The Bertz CT molecular complexity index is 1300. The number of rotatable bonds is 5. The van der Waals surface area contributed by atoms with Gasteiger partial charge in [0.25, 0.3) is 0 Å². The zero-order valence-electron chi connectivity index (χ0n) is 18.1. The van der Waals surface area contributed by atoms with Gasteiger partial charge >= 0.3 is 0 Å². The van der Waals surface area contributed by atoms with E-state index in [4.69, 9.17) is 9.47 Å². The maximum Gasteiger partial charge on any atom is 0.247 e. The van der Waals surface area contributed by atoms with Gasteiger partial charge in [0.05, 0.1) is 7.11 Å². The number of hydrogen-bond donors (Lipinski definition) is 2. The number of nitrogens with zero attached hydrogens (tertiary/aromatic N) is 3. The Balaban J connectivity index is 1.48. The molecule has 0 unspecified atom stereocenters. The fourth-order valence-electron chi connectivity index (χ4n) is 3.56. The second kappa shape index (κ2) is 8.99. The molecule has 0 spiro atoms. The molecule has 0 bridgehead atoms. The number of thioether (sulfide) groups is 1. The van der Waals surface area contributed by atoms with Crippen LogP contribution >= 0.6 is 11.8 Å². The summed E-state index contributed by atoms with van der Waals surface area (Å²) in [5, 5.41) is 23.0. The van der Waals surface area contributed by atoms with E-state index in [9.17, 15) is 5.11 Å². The number of phenols is 1. The van der Waals surface area contributed by atoms with Crippen LogP contribution in [0.25, 0.3) is 11.3 Å². The highest BCUT2D eigenvalue weighted by molar-refractivity contribution is 7.98. The molecule has 7 nitrogen and oxygen atoms in total. The number of anilines is 1. The second-order valence-corrected chi connectivity index (χ2v) is 8.58. The van der Waals surface area contributed by atoms with E-state index in [-0.39, 0.29) is 5.75 Å². The Kier molecular flexibility index (Phi) is 5.75. The van der Waals surface area contributed by atoms with Gasteiger partial charge in [0.2, 0.25) is 11.0 Å². The highest BCUT2D eigenvalue weighted by Crippen LogP contribution is 2.40. The van der Waals surface area contributed by atoms with Crippen molar-refractivity contribution in [2.45, 2.75) is 24.1 Å². The van der Waals surface area contributed by atoms with Gasteiger partial charge in [-0.2, -0.15) is 4.98 Å². The number of ether oxygens (including phenoxy) is 2. The number of benzene rings is 3. The van der Waals surface area contributed by atoms with Crippen LogP contribution in [0.4, 0.5) is 5.69 Å². The fraction of sp³-hybridized carbons (Fsp3) is 0.160. The molecule has 3 aromatic carbocycles. The molecule has 5 rings (SSSR count). The topological polar surface area (TPSA) is 89.4 Å². The summed E-state index contributed by atoms with van der Waals surface area (Å²) in [7, 11) is 1.51. The Hall–Kier alpha value is -3.78. The molecule has 0 amide bonds. The number of para-hydroxylation sites is 1. The van der Waals surface area contributed by atoms with Crippen LogP contribution in [0.5, 0.6) is 17.4 Å². The lowest BCUT2D eigenvalue weighted by Gasteiger charge is -2.20. The van der Waals surface area contributed by atoms with Gasteiger partial charge in [-0.25, -0.2) is 0 Å². The third-order valence-electron chi connectivity index (χ3n) is 5.33. The standard InChI is InChI=1S/C25H22N4O3S/c1-15-7-9-16(10-8-15)14-33-25-27-24-22(28-29-25)18-5-3-4-6-19(18)26-23(32-24)17-11-12-21(31-2)20(30)13-17/h3-13,23,26,30H,14H2,1-2H3/t23-/m1/s1. The van der Waals surface area contributed by atoms with Crippen molar-refractivity contribution in [1.29, 1.82) is 0 Å². The maximum absolute atomic E-state index is 10.3. The molecule has 0 aliphatic carbocycles. The lowest BCUT2D eigenvalue weighted by molar-refractivity contribution is 0.224. The fourth-order valence-corrected chi connectivity index (χ4v) is 4.30. The van der Waals surface area contributed by atoms with E-state index in [0.717, 1.165) is 22.6 Å². The lowest BCUT2D eigenvalue weighted by atomic mass is 10.1. The quantitative estimate of drug-likeness (QED) is 0.387. The Morgan fingerprint density at radius 2 is 1.88 bits per heavy atom. The molecule has 4 aromatic rings. The van der Waals surface area contributed by atoms with E-state index in [1.54, 1.807) is 12.1 Å². The number of methoxy groups -OCH3 is 1. The summed E-state index contributed by atoms with van der Waals surface area (Å²) in [6.45, 7) is 2.07. The van der Waals surface area contributed by atoms with Crippen LogP contribution in [0.3, 0.4) is 0 Å². The van der Waals surface area contributed by atoms with Crippen molar-refractivity contribution in [3.8, 4) is 28.6 Å². The molecule has 1 aliphatic heterocycles. The van der Waals surface area contributed by atoms with E-state index in [2.05, 4.69) is 51.7 Å². The Labute approximate surface area is 195 Å². The number of fused-ring (bicyclic) bond motifs is 3. The van der Waals surface area contributed by atoms with Crippen LogP contribution in [-0.4, -0.2) is 27.4 Å². The predicted molar refractivity (Wildman–Crippen MR) is 128 cm³/mol. The highest BCUT2D eigenvalue weighted by Gasteiger charge is 2.26. The van der Waals surface area contributed by atoms with Gasteiger partial charge in [-0.3, -0.25) is 0 Å². The highest BCUT2D eigenvalue weighted by atomic mass is 32.2. The van der Waals surface area contributed by atoms with Gasteiger partial charge in [0, 0.05) is 22.6 Å². The van der Waals surface area contributed by atoms with E-state index < -0.39 is 6.23 Å². The first-order valence-electron chi connectivity index (χ1n) is 10.4. The molecule has 1 atom stereocenters. The second-order valence-electron chi connectivity index (χ2n) is 7.64. The monoisotopic (exact) mass is 458 g/mol. The summed E-state index contributed by atoms with van der Waals surface area (Å²) in [6.07, 6.45) is -0.587. The smallest absolute Gasteiger partial charge is 0.247 e. The minimum absolute atomic E-state index is 0.0355. The van der Waals surface area contributed by atoms with Gasteiger partial charge in [-0.15, -0.1) is 10.2 Å². The van der Waals surface area contributed by atoms with Crippen molar-refractivity contribution in [2.75, 3.05) is 12.4 Å². The largest absolute Gasteiger partial charge is 0.504 e. The molecule has 2 heterocycles. The molecule has 1 aliphatic rings.